The largest absolute Gasteiger partial charge is 0.465 e. The fourth-order valence-corrected chi connectivity index (χ4v) is 3.60. The maximum atomic E-state index is 11.9. The minimum atomic E-state index is -3.56. The Morgan fingerprint density at radius 2 is 1.89 bits per heavy atom. The summed E-state index contributed by atoms with van der Waals surface area (Å²) in [6.07, 6.45) is 0.859. The summed E-state index contributed by atoms with van der Waals surface area (Å²) in [6.45, 7) is 6.13. The number of nitrogens with one attached hydrogen (secondary N) is 2. The van der Waals surface area contributed by atoms with Gasteiger partial charge in [-0.1, -0.05) is 0 Å². The molecule has 0 aromatic rings. The van der Waals surface area contributed by atoms with Gasteiger partial charge in [-0.3, -0.25) is 0 Å². The van der Waals surface area contributed by atoms with Crippen molar-refractivity contribution in [3.8, 4) is 0 Å². The number of rotatable bonds is 3. The molecule has 0 saturated carbocycles. The van der Waals surface area contributed by atoms with Gasteiger partial charge in [0.15, 0.2) is 0 Å². The number of likely N-dealkylation sites (tertiary alicyclic amines) is 1. The van der Waals surface area contributed by atoms with E-state index in [0.717, 1.165) is 0 Å². The van der Waals surface area contributed by atoms with Crippen LogP contribution in [0.2, 0.25) is 0 Å². The van der Waals surface area contributed by atoms with Crippen LogP contribution in [0.15, 0.2) is 0 Å². The zero-order valence-electron chi connectivity index (χ0n) is 11.6. The first kappa shape index (κ1) is 16.2. The first-order valence-electron chi connectivity index (χ1n) is 6.38. The van der Waals surface area contributed by atoms with E-state index >= 15 is 0 Å². The van der Waals surface area contributed by atoms with Crippen molar-refractivity contribution in [3.63, 3.8) is 0 Å². The molecule has 3 N–H and O–H groups in total. The average molecular weight is 293 g/mol. The van der Waals surface area contributed by atoms with Gasteiger partial charge in [0.05, 0.1) is 0 Å². The van der Waals surface area contributed by atoms with E-state index in [1.54, 1.807) is 20.8 Å². The fraction of sp³-hybridized carbons (Fsp3) is 0.909. The molecular formula is C11H23N3O4S. The summed E-state index contributed by atoms with van der Waals surface area (Å²) in [5, 5.41) is 8.91. The Bertz CT molecular complexity index is 416. The molecule has 1 fully saturated rings. The summed E-state index contributed by atoms with van der Waals surface area (Å²) in [4.78, 5) is 12.2. The van der Waals surface area contributed by atoms with E-state index in [1.807, 2.05) is 0 Å². The monoisotopic (exact) mass is 293 g/mol. The molecule has 1 atom stereocenters. The molecule has 1 heterocycles. The molecule has 0 spiro atoms. The molecule has 0 aromatic heterocycles. The lowest BCUT2D eigenvalue weighted by Gasteiger charge is -2.23. The Morgan fingerprint density at radius 3 is 2.42 bits per heavy atom. The number of amides is 1. The van der Waals surface area contributed by atoms with Gasteiger partial charge >= 0.3 is 6.09 Å². The molecule has 0 unspecified atom stereocenters. The highest BCUT2D eigenvalue weighted by molar-refractivity contribution is 7.87. The Labute approximate surface area is 114 Å². The number of hydrogen-bond donors (Lipinski definition) is 3. The Kier molecular flexibility index (Phi) is 5.17. The van der Waals surface area contributed by atoms with E-state index in [2.05, 4.69) is 9.44 Å². The molecule has 0 radical (unpaired) electrons. The molecule has 1 aliphatic heterocycles. The van der Waals surface area contributed by atoms with Crippen molar-refractivity contribution in [1.29, 1.82) is 0 Å². The minimum absolute atomic E-state index is 0.218. The highest BCUT2D eigenvalue weighted by atomic mass is 32.2. The number of hydrogen-bond acceptors (Lipinski definition) is 3. The quantitative estimate of drug-likeness (QED) is 0.714. The van der Waals surface area contributed by atoms with Gasteiger partial charge in [-0.05, 0) is 40.0 Å². The summed E-state index contributed by atoms with van der Waals surface area (Å²) in [5.74, 6) is 0. The van der Waals surface area contributed by atoms with Crippen LogP contribution >= 0.6 is 0 Å². The average Bonchev–Trinajstić information content (AvgIpc) is 2.38. The van der Waals surface area contributed by atoms with Crippen molar-refractivity contribution in [2.45, 2.75) is 51.6 Å². The summed E-state index contributed by atoms with van der Waals surface area (Å²) in [7, 11) is -3.56. The van der Waals surface area contributed by atoms with Gasteiger partial charge in [0.25, 0.3) is 10.2 Å². The Hall–Kier alpha value is -0.860. The third-order valence-corrected chi connectivity index (χ3v) is 4.29. The molecule has 1 amide bonds. The van der Waals surface area contributed by atoms with Crippen LogP contribution in [0.1, 0.15) is 40.0 Å². The number of carbonyl (C=O) groups is 1. The molecule has 7 nitrogen and oxygen atoms in total. The summed E-state index contributed by atoms with van der Waals surface area (Å²) in [5.41, 5.74) is -0.538. The molecule has 0 aromatic carbocycles. The van der Waals surface area contributed by atoms with E-state index in [0.29, 0.717) is 32.4 Å². The van der Waals surface area contributed by atoms with E-state index in [9.17, 15) is 13.2 Å². The van der Waals surface area contributed by atoms with Crippen LogP contribution in [0.25, 0.3) is 0 Å². The predicted octanol–water partition coefficient (Wildman–Crippen LogP) is 0.741. The second-order valence-corrected chi connectivity index (χ2v) is 7.32. The molecule has 1 rings (SSSR count). The smallest absolute Gasteiger partial charge is 0.407 e. The first-order chi connectivity index (χ1) is 8.59. The minimum Gasteiger partial charge on any atom is -0.465 e. The van der Waals surface area contributed by atoms with Gasteiger partial charge in [-0.15, -0.1) is 0 Å². The number of carboxylic acid groups (broad SMARTS) is 1. The first-order valence-corrected chi connectivity index (χ1v) is 7.86. The van der Waals surface area contributed by atoms with Crippen molar-refractivity contribution in [2.24, 2.45) is 0 Å². The Balaban J connectivity index is 2.56. The van der Waals surface area contributed by atoms with Crippen LogP contribution in [0.4, 0.5) is 4.79 Å². The van der Waals surface area contributed by atoms with Gasteiger partial charge < -0.3 is 10.0 Å². The maximum absolute atomic E-state index is 11.9. The van der Waals surface area contributed by atoms with Gasteiger partial charge in [0, 0.05) is 24.7 Å². The zero-order chi connectivity index (χ0) is 14.7. The summed E-state index contributed by atoms with van der Waals surface area (Å²) >= 11 is 0. The third-order valence-electron chi connectivity index (χ3n) is 2.76. The zero-order valence-corrected chi connectivity index (χ0v) is 12.5. The molecule has 1 aliphatic rings. The molecule has 19 heavy (non-hydrogen) atoms. The molecule has 1 saturated heterocycles. The van der Waals surface area contributed by atoms with Crippen LogP contribution in [-0.4, -0.2) is 49.2 Å². The summed E-state index contributed by atoms with van der Waals surface area (Å²) in [6, 6.07) is -0.218. The van der Waals surface area contributed by atoms with Gasteiger partial charge in [0.2, 0.25) is 0 Å². The second-order valence-electron chi connectivity index (χ2n) is 5.87. The highest BCUT2D eigenvalue weighted by Gasteiger charge is 2.26. The van der Waals surface area contributed by atoms with Gasteiger partial charge in [-0.2, -0.15) is 17.9 Å². The summed E-state index contributed by atoms with van der Waals surface area (Å²) < 4.78 is 28.9. The van der Waals surface area contributed by atoms with E-state index in [1.165, 1.54) is 4.90 Å². The SMILES string of the molecule is CC(C)(C)NS(=O)(=O)N[C@H]1CCCN(C(=O)O)CC1. The standard InChI is InChI=1S/C11H23N3O4S/c1-11(2,3)13-19(17,18)12-9-5-4-7-14(8-6-9)10(15)16/h9,12-13H,4-8H2,1-3H3,(H,15,16)/t9-/m0/s1. The highest BCUT2D eigenvalue weighted by Crippen LogP contribution is 2.12. The van der Waals surface area contributed by atoms with E-state index in [4.69, 9.17) is 5.11 Å². The van der Waals surface area contributed by atoms with Gasteiger partial charge in [0.1, 0.15) is 0 Å². The number of nitrogens with zero attached hydrogens (tertiary/aromatic N) is 1. The van der Waals surface area contributed by atoms with Crippen LogP contribution < -0.4 is 9.44 Å². The molecule has 0 aliphatic carbocycles. The van der Waals surface area contributed by atoms with Crippen LogP contribution in [0, 0.1) is 0 Å². The normalized spacial score (nSPS) is 22.1. The van der Waals surface area contributed by atoms with E-state index in [-0.39, 0.29) is 6.04 Å². The molecule has 0 bridgehead atoms. The van der Waals surface area contributed by atoms with Crippen LogP contribution in [0.3, 0.4) is 0 Å². The lowest BCUT2D eigenvalue weighted by molar-refractivity contribution is 0.147. The van der Waals surface area contributed by atoms with Crippen molar-refractivity contribution >= 4 is 16.3 Å². The van der Waals surface area contributed by atoms with Crippen LogP contribution in [0.5, 0.6) is 0 Å². The maximum Gasteiger partial charge on any atom is 0.407 e. The third kappa shape index (κ3) is 6.22. The van der Waals surface area contributed by atoms with Crippen molar-refractivity contribution in [3.05, 3.63) is 0 Å². The predicted molar refractivity (Wildman–Crippen MR) is 72.2 cm³/mol. The van der Waals surface area contributed by atoms with Crippen LogP contribution in [-0.2, 0) is 10.2 Å². The van der Waals surface area contributed by atoms with Crippen molar-refractivity contribution in [2.75, 3.05) is 13.1 Å². The molecule has 8 heteroatoms. The topological polar surface area (TPSA) is 98.7 Å². The van der Waals surface area contributed by atoms with Crippen molar-refractivity contribution in [1.82, 2.24) is 14.3 Å². The second kappa shape index (κ2) is 6.06. The molecule has 112 valence electrons. The Morgan fingerprint density at radius 1 is 1.26 bits per heavy atom. The fourth-order valence-electron chi connectivity index (χ4n) is 2.06. The van der Waals surface area contributed by atoms with Crippen molar-refractivity contribution < 1.29 is 18.3 Å². The lowest BCUT2D eigenvalue weighted by atomic mass is 10.1. The lowest BCUT2D eigenvalue weighted by Crippen LogP contribution is -2.50. The van der Waals surface area contributed by atoms with E-state index < -0.39 is 21.8 Å². The molecular weight excluding hydrogens is 270 g/mol. The van der Waals surface area contributed by atoms with Gasteiger partial charge in [-0.25, -0.2) is 4.79 Å².